The maximum atomic E-state index is 11.7. The lowest BCUT2D eigenvalue weighted by Crippen LogP contribution is -2.33. The van der Waals surface area contributed by atoms with Gasteiger partial charge in [-0.3, -0.25) is 14.3 Å². The zero-order valence-electron chi connectivity index (χ0n) is 10.3. The van der Waals surface area contributed by atoms with Gasteiger partial charge in [0.15, 0.2) is 0 Å². The fraction of sp³-hybridized carbons (Fsp3) is 0.500. The van der Waals surface area contributed by atoms with Crippen LogP contribution in [0.1, 0.15) is 25.1 Å². The Hall–Kier alpha value is -1.88. The lowest BCUT2D eigenvalue weighted by molar-refractivity contribution is -0.0459. The van der Waals surface area contributed by atoms with Crippen LogP contribution >= 0.6 is 0 Å². The van der Waals surface area contributed by atoms with E-state index in [1.165, 1.54) is 10.8 Å². The number of hydrogen-bond donors (Lipinski definition) is 3. The molecule has 1 aromatic heterocycles. The molecule has 0 aliphatic carbocycles. The first kappa shape index (κ1) is 13.5. The normalized spacial score (nSPS) is 25.9. The highest BCUT2D eigenvalue weighted by Crippen LogP contribution is 2.27. The molecule has 3 atom stereocenters. The van der Waals surface area contributed by atoms with E-state index in [9.17, 15) is 14.7 Å². The van der Waals surface area contributed by atoms with E-state index in [0.717, 1.165) is 0 Å². The molecule has 1 aromatic rings. The first-order chi connectivity index (χ1) is 9.06. The maximum Gasteiger partial charge on any atom is 0.330 e. The van der Waals surface area contributed by atoms with Gasteiger partial charge >= 0.3 is 5.69 Å². The van der Waals surface area contributed by atoms with Crippen molar-refractivity contribution in [2.45, 2.75) is 31.8 Å². The van der Waals surface area contributed by atoms with Crippen molar-refractivity contribution in [1.29, 1.82) is 0 Å². The molecule has 3 N–H and O–H groups in total. The first-order valence-electron chi connectivity index (χ1n) is 5.79. The molecule has 0 radical (unpaired) electrons. The maximum absolute atomic E-state index is 11.7. The second-order valence-electron chi connectivity index (χ2n) is 4.20. The van der Waals surface area contributed by atoms with E-state index in [2.05, 4.69) is 16.8 Å². The number of nitrogens with zero attached hydrogens (tertiary/aromatic N) is 1. The second kappa shape index (κ2) is 5.40. The molecule has 0 amide bonds. The molecule has 2 unspecified atom stereocenters. The van der Waals surface area contributed by atoms with Gasteiger partial charge in [0.1, 0.15) is 17.9 Å². The summed E-state index contributed by atoms with van der Waals surface area (Å²) >= 11 is 0. The van der Waals surface area contributed by atoms with Crippen LogP contribution in [0.25, 0.3) is 0 Å². The van der Waals surface area contributed by atoms with E-state index >= 15 is 0 Å². The number of rotatable bonds is 2. The predicted octanol–water partition coefficient (Wildman–Crippen LogP) is -1.45. The van der Waals surface area contributed by atoms with Crippen molar-refractivity contribution in [2.24, 2.45) is 0 Å². The largest absolute Gasteiger partial charge is 0.394 e. The van der Waals surface area contributed by atoms with Crippen molar-refractivity contribution in [3.8, 4) is 11.8 Å². The number of aromatic amines is 1. The summed E-state index contributed by atoms with van der Waals surface area (Å²) < 4.78 is 6.52. The molecule has 2 rings (SSSR count). The van der Waals surface area contributed by atoms with Crippen LogP contribution < -0.4 is 11.2 Å². The Balaban J connectivity index is 2.40. The Labute approximate surface area is 108 Å². The highest BCUT2D eigenvalue weighted by Gasteiger charge is 2.35. The van der Waals surface area contributed by atoms with Gasteiger partial charge in [-0.15, -0.1) is 5.92 Å². The highest BCUT2D eigenvalue weighted by atomic mass is 16.5. The molecule has 1 fully saturated rings. The van der Waals surface area contributed by atoms with E-state index in [1.54, 1.807) is 6.92 Å². The first-order valence-corrected chi connectivity index (χ1v) is 5.79. The predicted molar refractivity (Wildman–Crippen MR) is 65.5 cm³/mol. The summed E-state index contributed by atoms with van der Waals surface area (Å²) in [5.74, 6) is 5.16. The Bertz CT molecular complexity index is 636. The highest BCUT2D eigenvalue weighted by molar-refractivity contribution is 5.28. The molecule has 1 aliphatic rings. The summed E-state index contributed by atoms with van der Waals surface area (Å²) in [6.45, 7) is 1.24. The lowest BCUT2D eigenvalue weighted by atomic mass is 10.2. The molecular weight excluding hydrogens is 252 g/mol. The molecule has 1 aliphatic heterocycles. The fourth-order valence-electron chi connectivity index (χ4n) is 1.97. The van der Waals surface area contributed by atoms with Crippen LogP contribution in [0.5, 0.6) is 0 Å². The Morgan fingerprint density at radius 2 is 2.32 bits per heavy atom. The number of H-pyrrole nitrogens is 1. The van der Waals surface area contributed by atoms with Crippen LogP contribution in [0.15, 0.2) is 15.8 Å². The molecule has 102 valence electrons. The molecule has 7 nitrogen and oxygen atoms in total. The van der Waals surface area contributed by atoms with E-state index < -0.39 is 29.7 Å². The van der Waals surface area contributed by atoms with Crippen LogP contribution in [0.3, 0.4) is 0 Å². The molecule has 1 saturated heterocycles. The molecule has 19 heavy (non-hydrogen) atoms. The van der Waals surface area contributed by atoms with Gasteiger partial charge in [0, 0.05) is 12.6 Å². The summed E-state index contributed by atoms with van der Waals surface area (Å²) in [5, 5.41) is 18.6. The van der Waals surface area contributed by atoms with Gasteiger partial charge in [0.05, 0.1) is 12.7 Å². The van der Waals surface area contributed by atoms with E-state index in [4.69, 9.17) is 9.84 Å². The number of ether oxygens (including phenoxy) is 1. The third kappa shape index (κ3) is 2.61. The van der Waals surface area contributed by atoms with Crippen molar-refractivity contribution in [2.75, 3.05) is 6.61 Å². The van der Waals surface area contributed by atoms with Gasteiger partial charge in [-0.2, -0.15) is 0 Å². The lowest BCUT2D eigenvalue weighted by Gasteiger charge is -2.14. The minimum atomic E-state index is -0.852. The monoisotopic (exact) mass is 266 g/mol. The van der Waals surface area contributed by atoms with Crippen LogP contribution in [-0.2, 0) is 4.74 Å². The molecule has 0 bridgehead atoms. The van der Waals surface area contributed by atoms with Crippen LogP contribution in [0.2, 0.25) is 0 Å². The fourth-order valence-corrected chi connectivity index (χ4v) is 1.97. The van der Waals surface area contributed by atoms with Crippen LogP contribution in [0, 0.1) is 11.8 Å². The van der Waals surface area contributed by atoms with Crippen molar-refractivity contribution in [1.82, 2.24) is 9.55 Å². The molecule has 0 aromatic carbocycles. The van der Waals surface area contributed by atoms with Crippen LogP contribution in [-0.4, -0.2) is 38.6 Å². The smallest absolute Gasteiger partial charge is 0.330 e. The number of hydrogen-bond acceptors (Lipinski definition) is 5. The molecule has 0 saturated carbocycles. The van der Waals surface area contributed by atoms with Crippen LogP contribution in [0.4, 0.5) is 0 Å². The quantitative estimate of drug-likeness (QED) is 0.568. The van der Waals surface area contributed by atoms with Gasteiger partial charge in [0.2, 0.25) is 0 Å². The average Bonchev–Trinajstić information content (AvgIpc) is 2.74. The number of aliphatic hydroxyl groups excluding tert-OH is 2. The van der Waals surface area contributed by atoms with Crippen molar-refractivity contribution in [3.05, 3.63) is 32.6 Å². The van der Waals surface area contributed by atoms with Gasteiger partial charge in [-0.05, 0) is 6.92 Å². The van der Waals surface area contributed by atoms with Crippen molar-refractivity contribution < 1.29 is 14.9 Å². The summed E-state index contributed by atoms with van der Waals surface area (Å²) in [5.41, 5.74) is -1.05. The number of nitrogens with one attached hydrogen (secondary N) is 1. The number of aromatic nitrogens is 2. The SMILES string of the molecule is CC#Cc1cn([C@H]2CC(O)C(CO)O2)c(=O)[nH]c1=O. The van der Waals surface area contributed by atoms with E-state index in [1.807, 2.05) is 0 Å². The number of aliphatic hydroxyl groups is 2. The summed E-state index contributed by atoms with van der Waals surface area (Å²) in [6, 6.07) is 0. The van der Waals surface area contributed by atoms with E-state index in [0.29, 0.717) is 0 Å². The second-order valence-corrected chi connectivity index (χ2v) is 4.20. The summed E-state index contributed by atoms with van der Waals surface area (Å²) in [4.78, 5) is 25.3. The topological polar surface area (TPSA) is 105 Å². The Kier molecular flexibility index (Phi) is 3.85. The third-order valence-corrected chi connectivity index (χ3v) is 2.92. The molecule has 2 heterocycles. The van der Waals surface area contributed by atoms with Crippen molar-refractivity contribution in [3.63, 3.8) is 0 Å². The zero-order chi connectivity index (χ0) is 14.0. The summed E-state index contributed by atoms with van der Waals surface area (Å²) in [7, 11) is 0. The molecule has 0 spiro atoms. The van der Waals surface area contributed by atoms with E-state index in [-0.39, 0.29) is 18.6 Å². The zero-order valence-corrected chi connectivity index (χ0v) is 10.3. The standard InChI is InChI=1S/C12H14N2O5/c1-2-3-7-5-14(12(18)13-11(7)17)10-4-8(16)9(6-15)19-10/h5,8-10,15-16H,4,6H2,1H3,(H,13,17,18)/t8?,9?,10-/m1/s1. The van der Waals surface area contributed by atoms with Gasteiger partial charge < -0.3 is 14.9 Å². The van der Waals surface area contributed by atoms with Gasteiger partial charge in [0.25, 0.3) is 5.56 Å². The summed E-state index contributed by atoms with van der Waals surface area (Å²) in [6.07, 6.45) is -0.849. The minimum Gasteiger partial charge on any atom is -0.394 e. The third-order valence-electron chi connectivity index (χ3n) is 2.92. The molecule has 7 heteroatoms. The van der Waals surface area contributed by atoms with Gasteiger partial charge in [-0.25, -0.2) is 4.79 Å². The molecular formula is C12H14N2O5. The Morgan fingerprint density at radius 3 is 2.89 bits per heavy atom. The van der Waals surface area contributed by atoms with Gasteiger partial charge in [-0.1, -0.05) is 5.92 Å². The Morgan fingerprint density at radius 1 is 1.58 bits per heavy atom. The average molecular weight is 266 g/mol. The minimum absolute atomic E-state index is 0.146. The van der Waals surface area contributed by atoms with Crippen molar-refractivity contribution >= 4 is 0 Å².